The van der Waals surface area contributed by atoms with Gasteiger partial charge < -0.3 is 4.48 Å². The Hall–Kier alpha value is -2.46. The minimum absolute atomic E-state index is 0.209. The molecule has 0 bridgehead atoms. The number of quaternary nitrogens is 1. The summed E-state index contributed by atoms with van der Waals surface area (Å²) in [5.41, 5.74) is 0.985. The molecule has 1 aliphatic heterocycles. The number of nitrogens with zero attached hydrogens (tertiary/aromatic N) is 2. The van der Waals surface area contributed by atoms with Crippen LogP contribution in [-0.2, 0) is 0 Å². The Morgan fingerprint density at radius 1 is 0.870 bits per heavy atom. The molecule has 0 N–H and O–H groups in total. The van der Waals surface area contributed by atoms with E-state index in [-0.39, 0.29) is 11.8 Å². The monoisotopic (exact) mass is 311 g/mol. The van der Waals surface area contributed by atoms with Gasteiger partial charge in [0.1, 0.15) is 0 Å². The van der Waals surface area contributed by atoms with Gasteiger partial charge in [-0.3, -0.25) is 14.5 Å². The summed E-state index contributed by atoms with van der Waals surface area (Å²) in [5.74, 6) is -0.418. The van der Waals surface area contributed by atoms with E-state index in [9.17, 15) is 9.59 Å². The first-order valence-corrected chi connectivity index (χ1v) is 7.71. The van der Waals surface area contributed by atoms with Gasteiger partial charge in [-0.2, -0.15) is 0 Å². The van der Waals surface area contributed by atoms with Gasteiger partial charge in [0, 0.05) is 0 Å². The standard InChI is InChI=1S/C19H23N2O2/c1-4-12-21(13-5-2,14-6-3)15-11-20-18(22)16-9-7-8-10-17(16)19(20)23/h4-10H,1-3,11-15H2/q+1. The molecule has 0 unspecified atom stereocenters. The van der Waals surface area contributed by atoms with Crippen LogP contribution in [0.15, 0.2) is 62.2 Å². The fourth-order valence-electron chi connectivity index (χ4n) is 3.07. The zero-order valence-electron chi connectivity index (χ0n) is 13.4. The third kappa shape index (κ3) is 3.32. The van der Waals surface area contributed by atoms with Gasteiger partial charge >= 0.3 is 0 Å². The van der Waals surface area contributed by atoms with Crippen LogP contribution in [0.1, 0.15) is 20.7 Å². The zero-order valence-corrected chi connectivity index (χ0v) is 13.4. The number of carbonyl (C=O) groups is 2. The van der Waals surface area contributed by atoms with E-state index in [1.165, 1.54) is 4.90 Å². The summed E-state index contributed by atoms with van der Waals surface area (Å²) in [4.78, 5) is 26.2. The second-order valence-electron chi connectivity index (χ2n) is 5.79. The number of hydrogen-bond acceptors (Lipinski definition) is 2. The van der Waals surface area contributed by atoms with Crippen molar-refractivity contribution in [2.45, 2.75) is 0 Å². The molecule has 0 atom stereocenters. The molecule has 2 amide bonds. The number of amides is 2. The molecule has 2 rings (SSSR count). The molecule has 23 heavy (non-hydrogen) atoms. The summed E-state index contributed by atoms with van der Waals surface area (Å²) < 4.78 is 0.657. The molecule has 120 valence electrons. The Morgan fingerprint density at radius 2 is 1.30 bits per heavy atom. The lowest BCUT2D eigenvalue weighted by atomic mass is 10.1. The first kappa shape index (κ1) is 16.9. The van der Waals surface area contributed by atoms with Crippen LogP contribution in [0, 0.1) is 0 Å². The van der Waals surface area contributed by atoms with Crippen molar-refractivity contribution in [2.75, 3.05) is 32.7 Å². The largest absolute Gasteiger partial charge is 0.312 e. The van der Waals surface area contributed by atoms with Crippen LogP contribution in [0.25, 0.3) is 0 Å². The lowest BCUT2D eigenvalue weighted by molar-refractivity contribution is -0.911. The molecule has 1 aromatic rings. The molecule has 0 saturated heterocycles. The molecule has 0 aliphatic carbocycles. The molecule has 0 radical (unpaired) electrons. The summed E-state index contributed by atoms with van der Waals surface area (Å²) >= 11 is 0. The summed E-state index contributed by atoms with van der Waals surface area (Å²) in [5, 5.41) is 0. The lowest BCUT2D eigenvalue weighted by Crippen LogP contribution is -2.52. The normalized spacial score (nSPS) is 13.8. The van der Waals surface area contributed by atoms with Crippen molar-refractivity contribution in [3.05, 3.63) is 73.4 Å². The van der Waals surface area contributed by atoms with Gasteiger partial charge in [0.05, 0.1) is 43.9 Å². The van der Waals surface area contributed by atoms with Gasteiger partial charge in [-0.1, -0.05) is 31.9 Å². The van der Waals surface area contributed by atoms with Crippen molar-refractivity contribution >= 4 is 11.8 Å². The average molecular weight is 311 g/mol. The maximum atomic E-state index is 12.4. The zero-order chi connectivity index (χ0) is 16.9. The number of benzene rings is 1. The van der Waals surface area contributed by atoms with E-state index in [4.69, 9.17) is 0 Å². The predicted molar refractivity (Wildman–Crippen MR) is 92.1 cm³/mol. The Labute approximate surface area is 137 Å². The first-order valence-electron chi connectivity index (χ1n) is 7.71. The van der Waals surface area contributed by atoms with Crippen LogP contribution >= 0.6 is 0 Å². The van der Waals surface area contributed by atoms with E-state index in [2.05, 4.69) is 19.7 Å². The summed E-state index contributed by atoms with van der Waals surface area (Å²) in [6.07, 6.45) is 5.57. The Kier molecular flexibility index (Phi) is 5.29. The van der Waals surface area contributed by atoms with Crippen LogP contribution in [0.3, 0.4) is 0 Å². The molecule has 4 heteroatoms. The fraction of sp³-hybridized carbons (Fsp3) is 0.263. The van der Waals surface area contributed by atoms with Crippen LogP contribution in [0.5, 0.6) is 0 Å². The number of rotatable bonds is 9. The minimum Gasteiger partial charge on any atom is -0.312 e. The molecular formula is C19H23N2O2+. The van der Waals surface area contributed by atoms with E-state index < -0.39 is 0 Å². The van der Waals surface area contributed by atoms with Crippen molar-refractivity contribution in [1.82, 2.24) is 4.90 Å². The van der Waals surface area contributed by atoms with Crippen molar-refractivity contribution in [3.63, 3.8) is 0 Å². The van der Waals surface area contributed by atoms with E-state index in [0.29, 0.717) is 28.7 Å². The second-order valence-corrected chi connectivity index (χ2v) is 5.79. The van der Waals surface area contributed by atoms with Crippen LogP contribution in [-0.4, -0.2) is 53.9 Å². The third-order valence-electron chi connectivity index (χ3n) is 4.23. The molecule has 0 aromatic heterocycles. The Morgan fingerprint density at radius 3 is 1.70 bits per heavy atom. The van der Waals surface area contributed by atoms with E-state index in [1.807, 2.05) is 18.2 Å². The Balaban J connectivity index is 2.17. The lowest BCUT2D eigenvalue weighted by Gasteiger charge is -2.37. The maximum absolute atomic E-state index is 12.4. The van der Waals surface area contributed by atoms with Crippen LogP contribution in [0.4, 0.5) is 0 Å². The number of imide groups is 1. The molecule has 1 aromatic carbocycles. The summed E-state index contributed by atoms with van der Waals surface area (Å²) in [7, 11) is 0. The second kappa shape index (κ2) is 7.20. The van der Waals surface area contributed by atoms with Crippen molar-refractivity contribution in [1.29, 1.82) is 0 Å². The SMILES string of the molecule is C=CC[N+](CC=C)(CC=C)CCN1C(=O)c2ccccc2C1=O. The number of fused-ring (bicyclic) bond motifs is 1. The molecule has 0 spiro atoms. The number of carbonyl (C=O) groups excluding carboxylic acids is 2. The highest BCUT2D eigenvalue weighted by molar-refractivity contribution is 6.21. The predicted octanol–water partition coefficient (Wildman–Crippen LogP) is 2.66. The quantitative estimate of drug-likeness (QED) is 0.399. The first-order chi connectivity index (χ1) is 11.1. The molecular weight excluding hydrogens is 288 g/mol. The van der Waals surface area contributed by atoms with Crippen molar-refractivity contribution in [2.24, 2.45) is 0 Å². The smallest absolute Gasteiger partial charge is 0.261 e. The van der Waals surface area contributed by atoms with E-state index in [0.717, 1.165) is 19.6 Å². The highest BCUT2D eigenvalue weighted by Crippen LogP contribution is 2.22. The summed E-state index contributed by atoms with van der Waals surface area (Å²) in [6.45, 7) is 14.7. The molecule has 1 heterocycles. The van der Waals surface area contributed by atoms with Gasteiger partial charge in [0.15, 0.2) is 0 Å². The summed E-state index contributed by atoms with van der Waals surface area (Å²) in [6, 6.07) is 6.96. The van der Waals surface area contributed by atoms with Gasteiger partial charge in [-0.05, 0) is 30.4 Å². The number of hydrogen-bond donors (Lipinski definition) is 0. The molecule has 1 aliphatic rings. The molecule has 4 nitrogen and oxygen atoms in total. The average Bonchev–Trinajstić information content (AvgIpc) is 2.78. The van der Waals surface area contributed by atoms with Gasteiger partial charge in [0.25, 0.3) is 11.8 Å². The van der Waals surface area contributed by atoms with Gasteiger partial charge in [-0.25, -0.2) is 0 Å². The van der Waals surface area contributed by atoms with E-state index >= 15 is 0 Å². The van der Waals surface area contributed by atoms with E-state index in [1.54, 1.807) is 24.3 Å². The third-order valence-corrected chi connectivity index (χ3v) is 4.23. The highest BCUT2D eigenvalue weighted by atomic mass is 16.2. The minimum atomic E-state index is -0.209. The Bertz CT molecular complexity index is 587. The molecule has 0 fully saturated rings. The van der Waals surface area contributed by atoms with Crippen LogP contribution < -0.4 is 0 Å². The highest BCUT2D eigenvalue weighted by Gasteiger charge is 2.36. The topological polar surface area (TPSA) is 37.4 Å². The maximum Gasteiger partial charge on any atom is 0.261 e. The fourth-order valence-corrected chi connectivity index (χ4v) is 3.07. The van der Waals surface area contributed by atoms with Crippen LogP contribution in [0.2, 0.25) is 0 Å². The van der Waals surface area contributed by atoms with Gasteiger partial charge in [-0.15, -0.1) is 0 Å². The van der Waals surface area contributed by atoms with Gasteiger partial charge in [0.2, 0.25) is 0 Å². The van der Waals surface area contributed by atoms with Crippen molar-refractivity contribution < 1.29 is 14.1 Å². The molecule has 0 saturated carbocycles. The van der Waals surface area contributed by atoms with Crippen molar-refractivity contribution in [3.8, 4) is 0 Å².